The van der Waals surface area contributed by atoms with E-state index in [0.29, 0.717) is 6.54 Å². The van der Waals surface area contributed by atoms with Crippen molar-refractivity contribution < 1.29 is 0 Å². The van der Waals surface area contributed by atoms with Crippen LogP contribution in [0, 0.1) is 0 Å². The van der Waals surface area contributed by atoms with Crippen LogP contribution in [0.1, 0.15) is 11.1 Å². The summed E-state index contributed by atoms with van der Waals surface area (Å²) >= 11 is 0. The van der Waals surface area contributed by atoms with Gasteiger partial charge in [0.2, 0.25) is 0 Å². The van der Waals surface area contributed by atoms with Crippen molar-refractivity contribution in [3.05, 3.63) is 59.8 Å². The Morgan fingerprint density at radius 3 is 2.61 bits per heavy atom. The van der Waals surface area contributed by atoms with Crippen molar-refractivity contribution >= 4 is 5.82 Å². The van der Waals surface area contributed by atoms with Crippen molar-refractivity contribution in [3.8, 4) is 0 Å². The Labute approximate surface area is 108 Å². The van der Waals surface area contributed by atoms with Crippen molar-refractivity contribution in [3.63, 3.8) is 0 Å². The molecule has 1 heterocycles. The highest BCUT2D eigenvalue weighted by Gasteiger charge is 2.03. The SMILES string of the molecule is CN(CCc1ccccc1)c1cc(CN)ccn1. The van der Waals surface area contributed by atoms with Crippen molar-refractivity contribution in [1.82, 2.24) is 4.98 Å². The quantitative estimate of drug-likeness (QED) is 0.872. The van der Waals surface area contributed by atoms with Gasteiger partial charge in [0.05, 0.1) is 0 Å². The minimum Gasteiger partial charge on any atom is -0.359 e. The van der Waals surface area contributed by atoms with E-state index in [1.165, 1.54) is 5.56 Å². The van der Waals surface area contributed by atoms with Crippen LogP contribution in [-0.2, 0) is 13.0 Å². The average molecular weight is 241 g/mol. The Balaban J connectivity index is 1.97. The van der Waals surface area contributed by atoms with E-state index in [1.54, 1.807) is 0 Å². The molecular weight excluding hydrogens is 222 g/mol. The number of aromatic nitrogens is 1. The van der Waals surface area contributed by atoms with E-state index >= 15 is 0 Å². The van der Waals surface area contributed by atoms with Crippen LogP contribution in [0.15, 0.2) is 48.7 Å². The molecule has 3 heteroatoms. The molecule has 2 aromatic rings. The van der Waals surface area contributed by atoms with Crippen LogP contribution in [0.25, 0.3) is 0 Å². The molecule has 0 bridgehead atoms. The first kappa shape index (κ1) is 12.6. The molecule has 0 radical (unpaired) electrons. The molecule has 1 aromatic heterocycles. The molecule has 2 N–H and O–H groups in total. The van der Waals surface area contributed by atoms with Gasteiger partial charge in [-0.1, -0.05) is 30.3 Å². The van der Waals surface area contributed by atoms with Crippen LogP contribution in [0.4, 0.5) is 5.82 Å². The lowest BCUT2D eigenvalue weighted by molar-refractivity contribution is 0.857. The zero-order valence-corrected chi connectivity index (χ0v) is 10.7. The number of rotatable bonds is 5. The number of benzene rings is 1. The molecule has 0 aliphatic heterocycles. The van der Waals surface area contributed by atoms with Gasteiger partial charge in [0.25, 0.3) is 0 Å². The smallest absolute Gasteiger partial charge is 0.128 e. The molecule has 18 heavy (non-hydrogen) atoms. The summed E-state index contributed by atoms with van der Waals surface area (Å²) in [4.78, 5) is 6.53. The molecule has 0 saturated heterocycles. The molecule has 0 spiro atoms. The van der Waals surface area contributed by atoms with E-state index in [2.05, 4.69) is 41.2 Å². The lowest BCUT2D eigenvalue weighted by Gasteiger charge is -2.18. The third-order valence-corrected chi connectivity index (χ3v) is 3.02. The van der Waals surface area contributed by atoms with Crippen molar-refractivity contribution in [1.29, 1.82) is 0 Å². The van der Waals surface area contributed by atoms with Crippen molar-refractivity contribution in [2.45, 2.75) is 13.0 Å². The summed E-state index contributed by atoms with van der Waals surface area (Å²) in [6.07, 6.45) is 2.84. The first-order chi connectivity index (χ1) is 8.79. The van der Waals surface area contributed by atoms with Crippen LogP contribution >= 0.6 is 0 Å². The maximum atomic E-state index is 5.64. The van der Waals surface area contributed by atoms with Crippen molar-refractivity contribution in [2.24, 2.45) is 5.73 Å². The summed E-state index contributed by atoms with van der Waals surface area (Å²) in [5, 5.41) is 0. The lowest BCUT2D eigenvalue weighted by atomic mass is 10.1. The van der Waals surface area contributed by atoms with E-state index in [1.807, 2.05) is 24.4 Å². The number of anilines is 1. The summed E-state index contributed by atoms with van der Waals surface area (Å²) in [5.41, 5.74) is 8.10. The number of nitrogens with zero attached hydrogens (tertiary/aromatic N) is 2. The van der Waals surface area contributed by atoms with E-state index in [9.17, 15) is 0 Å². The molecule has 0 aliphatic carbocycles. The van der Waals surface area contributed by atoms with E-state index in [0.717, 1.165) is 24.3 Å². The molecule has 0 fully saturated rings. The van der Waals surface area contributed by atoms with Gasteiger partial charge < -0.3 is 10.6 Å². The Hall–Kier alpha value is -1.87. The van der Waals surface area contributed by atoms with Gasteiger partial charge >= 0.3 is 0 Å². The number of nitrogens with two attached hydrogens (primary N) is 1. The fourth-order valence-electron chi connectivity index (χ4n) is 1.85. The second-order valence-corrected chi connectivity index (χ2v) is 4.38. The monoisotopic (exact) mass is 241 g/mol. The second kappa shape index (κ2) is 6.17. The molecule has 0 saturated carbocycles. The molecule has 0 amide bonds. The average Bonchev–Trinajstić information content (AvgIpc) is 2.46. The Morgan fingerprint density at radius 1 is 1.11 bits per heavy atom. The van der Waals surface area contributed by atoms with Gasteiger partial charge in [0.1, 0.15) is 5.82 Å². The molecule has 0 aliphatic rings. The summed E-state index contributed by atoms with van der Waals surface area (Å²) in [6, 6.07) is 14.5. The fraction of sp³-hybridized carbons (Fsp3) is 0.267. The maximum Gasteiger partial charge on any atom is 0.128 e. The topological polar surface area (TPSA) is 42.1 Å². The molecule has 1 aromatic carbocycles. The normalized spacial score (nSPS) is 10.3. The Bertz CT molecular complexity index is 482. The highest BCUT2D eigenvalue weighted by atomic mass is 15.2. The predicted octanol–water partition coefficient (Wildman–Crippen LogP) is 2.22. The predicted molar refractivity (Wildman–Crippen MR) is 75.5 cm³/mol. The Kier molecular flexibility index (Phi) is 4.31. The lowest BCUT2D eigenvalue weighted by Crippen LogP contribution is -2.21. The van der Waals surface area contributed by atoms with Gasteiger partial charge in [-0.15, -0.1) is 0 Å². The van der Waals surface area contributed by atoms with Crippen LogP contribution in [-0.4, -0.2) is 18.6 Å². The van der Waals surface area contributed by atoms with Gasteiger partial charge in [-0.3, -0.25) is 0 Å². The fourth-order valence-corrected chi connectivity index (χ4v) is 1.85. The number of pyridine rings is 1. The molecule has 2 rings (SSSR count). The van der Waals surface area contributed by atoms with Crippen LogP contribution in [0.5, 0.6) is 0 Å². The largest absolute Gasteiger partial charge is 0.359 e. The first-order valence-corrected chi connectivity index (χ1v) is 6.19. The van der Waals surface area contributed by atoms with Crippen LogP contribution in [0.3, 0.4) is 0 Å². The summed E-state index contributed by atoms with van der Waals surface area (Å²) in [7, 11) is 2.06. The van der Waals surface area contributed by atoms with Gasteiger partial charge in [0, 0.05) is 26.3 Å². The summed E-state index contributed by atoms with van der Waals surface area (Å²) in [5.74, 6) is 0.980. The number of hydrogen-bond acceptors (Lipinski definition) is 3. The van der Waals surface area contributed by atoms with Crippen molar-refractivity contribution in [2.75, 3.05) is 18.5 Å². The van der Waals surface area contributed by atoms with E-state index in [4.69, 9.17) is 5.73 Å². The summed E-state index contributed by atoms with van der Waals surface area (Å²) in [6.45, 7) is 1.51. The zero-order valence-electron chi connectivity index (χ0n) is 10.7. The highest BCUT2D eigenvalue weighted by Crippen LogP contribution is 2.11. The standard InChI is InChI=1S/C15H19N3/c1-18(10-8-13-5-3-2-4-6-13)15-11-14(12-16)7-9-17-15/h2-7,9,11H,8,10,12,16H2,1H3. The van der Waals surface area contributed by atoms with Gasteiger partial charge in [-0.05, 0) is 29.7 Å². The van der Waals surface area contributed by atoms with Gasteiger partial charge in [-0.2, -0.15) is 0 Å². The third-order valence-electron chi connectivity index (χ3n) is 3.02. The summed E-state index contributed by atoms with van der Waals surface area (Å²) < 4.78 is 0. The number of hydrogen-bond donors (Lipinski definition) is 1. The molecule has 0 atom stereocenters. The molecule has 94 valence electrons. The first-order valence-electron chi connectivity index (χ1n) is 6.19. The van der Waals surface area contributed by atoms with Crippen LogP contribution in [0.2, 0.25) is 0 Å². The van der Waals surface area contributed by atoms with E-state index < -0.39 is 0 Å². The van der Waals surface area contributed by atoms with Crippen LogP contribution < -0.4 is 10.6 Å². The van der Waals surface area contributed by atoms with Gasteiger partial charge in [-0.25, -0.2) is 4.98 Å². The van der Waals surface area contributed by atoms with E-state index in [-0.39, 0.29) is 0 Å². The minimum absolute atomic E-state index is 0.558. The molecular formula is C15H19N3. The minimum atomic E-state index is 0.558. The highest BCUT2D eigenvalue weighted by molar-refractivity contribution is 5.40. The molecule has 3 nitrogen and oxygen atoms in total. The zero-order chi connectivity index (χ0) is 12.8. The third kappa shape index (κ3) is 3.31. The number of likely N-dealkylation sites (N-methyl/N-ethyl adjacent to an activating group) is 1. The van der Waals surface area contributed by atoms with Gasteiger partial charge in [0.15, 0.2) is 0 Å². The maximum absolute atomic E-state index is 5.64. The molecule has 0 unspecified atom stereocenters. The second-order valence-electron chi connectivity index (χ2n) is 4.38. The Morgan fingerprint density at radius 2 is 1.89 bits per heavy atom.